The third kappa shape index (κ3) is 6.32. The Kier molecular flexibility index (Phi) is 7.11. The number of alkyl halides is 2. The predicted octanol–water partition coefficient (Wildman–Crippen LogP) is 3.38. The van der Waals surface area contributed by atoms with E-state index in [9.17, 15) is 18.7 Å². The van der Waals surface area contributed by atoms with Crippen LogP contribution in [0.5, 0.6) is 0 Å². The molecule has 1 unspecified atom stereocenters. The van der Waals surface area contributed by atoms with Gasteiger partial charge in [0.15, 0.2) is 0 Å². The lowest BCUT2D eigenvalue weighted by molar-refractivity contribution is -0.130. The molecule has 0 aromatic carbocycles. The number of likely N-dealkylation sites (N-methyl/N-ethyl adjacent to an activating group) is 1. The monoisotopic (exact) mass is 408 g/mol. The number of rotatable bonds is 10. The number of aromatic nitrogens is 3. The first kappa shape index (κ1) is 22.9. The molecule has 8 heteroatoms. The van der Waals surface area contributed by atoms with E-state index in [0.29, 0.717) is 36.6 Å². The van der Waals surface area contributed by atoms with E-state index >= 15 is 0 Å². The lowest BCUT2D eigenvalue weighted by Gasteiger charge is -2.19. The molecule has 1 amide bonds. The van der Waals surface area contributed by atoms with E-state index in [0.717, 1.165) is 0 Å². The van der Waals surface area contributed by atoms with Crippen molar-refractivity contribution in [2.45, 2.75) is 58.6 Å². The summed E-state index contributed by atoms with van der Waals surface area (Å²) in [6.07, 6.45) is 6.65. The summed E-state index contributed by atoms with van der Waals surface area (Å²) in [6, 6.07) is 0. The molecular formula is C21H30F2N4O2. The molecular weight excluding hydrogens is 378 g/mol. The molecule has 1 aliphatic rings. The smallest absolute Gasteiger partial charge is 0.255 e. The first-order chi connectivity index (χ1) is 13.5. The minimum Gasteiger partial charge on any atom is -0.384 e. The summed E-state index contributed by atoms with van der Waals surface area (Å²) in [5, 5.41) is 18.7. The van der Waals surface area contributed by atoms with Gasteiger partial charge in [-0.05, 0) is 33.3 Å². The van der Waals surface area contributed by atoms with Crippen LogP contribution in [0.2, 0.25) is 0 Å². The summed E-state index contributed by atoms with van der Waals surface area (Å²) < 4.78 is 25.9. The molecule has 6 nitrogen and oxygen atoms in total. The van der Waals surface area contributed by atoms with Gasteiger partial charge in [0, 0.05) is 25.9 Å². The van der Waals surface area contributed by atoms with Gasteiger partial charge in [-0.1, -0.05) is 30.9 Å². The number of allylic oxidation sites excluding steroid dienone is 4. The Morgan fingerprint density at radius 3 is 2.59 bits per heavy atom. The van der Waals surface area contributed by atoms with Crippen LogP contribution in [-0.4, -0.2) is 49.9 Å². The van der Waals surface area contributed by atoms with E-state index in [1.807, 2.05) is 6.92 Å². The molecule has 29 heavy (non-hydrogen) atoms. The number of carbonyl (C=O) groups excluding carboxylic acids is 1. The second kappa shape index (κ2) is 8.98. The summed E-state index contributed by atoms with van der Waals surface area (Å²) in [5.41, 5.74) is 0.523. The average Bonchev–Trinajstić information content (AvgIpc) is 3.08. The third-order valence-corrected chi connectivity index (χ3v) is 4.83. The third-order valence-electron chi connectivity index (χ3n) is 4.83. The summed E-state index contributed by atoms with van der Waals surface area (Å²) in [6.45, 7) is 12.1. The van der Waals surface area contributed by atoms with Crippen molar-refractivity contribution in [3.8, 4) is 0 Å². The van der Waals surface area contributed by atoms with Gasteiger partial charge in [0.2, 0.25) is 5.91 Å². The average molecular weight is 408 g/mol. The molecule has 0 aliphatic heterocycles. The van der Waals surface area contributed by atoms with Crippen LogP contribution in [0.4, 0.5) is 8.78 Å². The fourth-order valence-electron chi connectivity index (χ4n) is 3.05. The van der Waals surface area contributed by atoms with Crippen LogP contribution in [0, 0.1) is 12.8 Å². The number of hydrogen-bond acceptors (Lipinski definition) is 4. The lowest BCUT2D eigenvalue weighted by atomic mass is 10.0. The molecule has 1 aromatic rings. The maximum atomic E-state index is 12.9. The fourth-order valence-corrected chi connectivity index (χ4v) is 3.05. The zero-order chi connectivity index (χ0) is 21.8. The Hall–Kier alpha value is -2.35. The van der Waals surface area contributed by atoms with E-state index in [1.165, 1.54) is 4.80 Å². The minimum absolute atomic E-state index is 0.0451. The van der Waals surface area contributed by atoms with E-state index in [-0.39, 0.29) is 18.7 Å². The molecule has 0 spiro atoms. The van der Waals surface area contributed by atoms with Gasteiger partial charge in [0.25, 0.3) is 5.92 Å². The van der Waals surface area contributed by atoms with Gasteiger partial charge in [-0.25, -0.2) is 8.78 Å². The molecule has 0 bridgehead atoms. The number of aryl methyl sites for hydroxylation is 1. The Morgan fingerprint density at radius 2 is 2.07 bits per heavy atom. The highest BCUT2D eigenvalue weighted by Crippen LogP contribution is 2.52. The Labute approximate surface area is 170 Å². The SMILES string of the molecule is C=C(/C=C\C=C/CC(=O)N(CC)CCn1nc(C)c(C(C)(C)O)n1)C1CC1(F)F. The van der Waals surface area contributed by atoms with Crippen molar-refractivity contribution in [1.29, 1.82) is 0 Å². The normalized spacial score (nSPS) is 18.5. The largest absolute Gasteiger partial charge is 0.384 e. The van der Waals surface area contributed by atoms with Crippen LogP contribution in [0.25, 0.3) is 0 Å². The summed E-state index contributed by atoms with van der Waals surface area (Å²) >= 11 is 0. The molecule has 160 valence electrons. The van der Waals surface area contributed by atoms with Crippen LogP contribution in [0.3, 0.4) is 0 Å². The number of hydrogen-bond donors (Lipinski definition) is 1. The van der Waals surface area contributed by atoms with Gasteiger partial charge in [-0.2, -0.15) is 15.0 Å². The van der Waals surface area contributed by atoms with Gasteiger partial charge in [-0.3, -0.25) is 4.79 Å². The van der Waals surface area contributed by atoms with E-state index in [2.05, 4.69) is 16.8 Å². The molecule has 1 aromatic heterocycles. The van der Waals surface area contributed by atoms with Crippen molar-refractivity contribution in [2.24, 2.45) is 5.92 Å². The highest BCUT2D eigenvalue weighted by Gasteiger charge is 2.57. The maximum absolute atomic E-state index is 12.9. The quantitative estimate of drug-likeness (QED) is 0.603. The zero-order valence-electron chi connectivity index (χ0n) is 17.5. The second-order valence-electron chi connectivity index (χ2n) is 7.85. The lowest BCUT2D eigenvalue weighted by Crippen LogP contribution is -2.33. The molecule has 1 saturated carbocycles. The van der Waals surface area contributed by atoms with Crippen LogP contribution in [0.1, 0.15) is 45.0 Å². The summed E-state index contributed by atoms with van der Waals surface area (Å²) in [7, 11) is 0. The van der Waals surface area contributed by atoms with Crippen LogP contribution >= 0.6 is 0 Å². The highest BCUT2D eigenvalue weighted by molar-refractivity contribution is 5.77. The number of halogens is 2. The number of carbonyl (C=O) groups is 1. The van der Waals surface area contributed by atoms with Crippen molar-refractivity contribution >= 4 is 5.91 Å². The molecule has 0 radical (unpaired) electrons. The van der Waals surface area contributed by atoms with Crippen molar-refractivity contribution < 1.29 is 18.7 Å². The van der Waals surface area contributed by atoms with Crippen molar-refractivity contribution in [3.63, 3.8) is 0 Å². The van der Waals surface area contributed by atoms with Gasteiger partial charge in [0.05, 0.1) is 18.2 Å². The Balaban J connectivity index is 1.81. The molecule has 1 atom stereocenters. The first-order valence-electron chi connectivity index (χ1n) is 9.78. The van der Waals surface area contributed by atoms with Crippen LogP contribution in [0.15, 0.2) is 36.5 Å². The van der Waals surface area contributed by atoms with Crippen LogP contribution < -0.4 is 0 Å². The molecule has 1 heterocycles. The molecule has 1 N–H and O–H groups in total. The molecule has 0 saturated heterocycles. The van der Waals surface area contributed by atoms with E-state index in [1.54, 1.807) is 50.0 Å². The van der Waals surface area contributed by atoms with Crippen LogP contribution in [-0.2, 0) is 16.9 Å². The van der Waals surface area contributed by atoms with Crippen molar-refractivity contribution in [3.05, 3.63) is 47.8 Å². The number of amides is 1. The Morgan fingerprint density at radius 1 is 1.41 bits per heavy atom. The van der Waals surface area contributed by atoms with Crippen molar-refractivity contribution in [1.82, 2.24) is 19.9 Å². The highest BCUT2D eigenvalue weighted by atomic mass is 19.3. The maximum Gasteiger partial charge on any atom is 0.255 e. The van der Waals surface area contributed by atoms with Crippen molar-refractivity contribution in [2.75, 3.05) is 13.1 Å². The summed E-state index contributed by atoms with van der Waals surface area (Å²) in [4.78, 5) is 15.6. The fraction of sp³-hybridized carbons (Fsp3) is 0.571. The summed E-state index contributed by atoms with van der Waals surface area (Å²) in [5.74, 6) is -3.41. The van der Waals surface area contributed by atoms with E-state index < -0.39 is 17.4 Å². The van der Waals surface area contributed by atoms with E-state index in [4.69, 9.17) is 0 Å². The predicted molar refractivity (Wildman–Crippen MR) is 107 cm³/mol. The van der Waals surface area contributed by atoms with Gasteiger partial charge < -0.3 is 10.0 Å². The molecule has 1 fully saturated rings. The first-order valence-corrected chi connectivity index (χ1v) is 9.78. The molecule has 2 rings (SSSR count). The standard InChI is InChI=1S/C21H30F2N4O2/c1-6-26(12-13-27-24-16(3)19(25-27)20(4,5)29)18(28)11-9-7-8-10-15(2)17-14-21(17,22)23/h7-10,17,29H,2,6,11-14H2,1,3-5H3/b9-7-,10-8-. The second-order valence-corrected chi connectivity index (χ2v) is 7.85. The number of aliphatic hydroxyl groups is 1. The van der Waals surface area contributed by atoms with Gasteiger partial charge in [-0.15, -0.1) is 0 Å². The number of nitrogens with zero attached hydrogens (tertiary/aromatic N) is 4. The molecule has 1 aliphatic carbocycles. The minimum atomic E-state index is -2.61. The zero-order valence-corrected chi connectivity index (χ0v) is 17.5. The van der Waals surface area contributed by atoms with Gasteiger partial charge in [0.1, 0.15) is 11.3 Å². The Bertz CT molecular complexity index is 806. The van der Waals surface area contributed by atoms with Gasteiger partial charge >= 0.3 is 0 Å². The topological polar surface area (TPSA) is 71.2 Å².